The molecule has 2 N–H and O–H groups in total. The number of hydrogen-bond acceptors (Lipinski definition) is 5. The second kappa shape index (κ2) is 6.20. The minimum absolute atomic E-state index is 0.717. The van der Waals surface area contributed by atoms with Crippen LogP contribution in [0.15, 0.2) is 12.7 Å². The highest BCUT2D eigenvalue weighted by Crippen LogP contribution is 2.28. The molecule has 6 heteroatoms. The maximum atomic E-state index is 4.34. The quantitative estimate of drug-likeness (QED) is 0.907. The Morgan fingerprint density at radius 1 is 1.14 bits per heavy atom. The highest BCUT2D eigenvalue weighted by Gasteiger charge is 2.28. The molecule has 0 aromatic carbocycles. The first-order valence-electron chi connectivity index (χ1n) is 8.52. The van der Waals surface area contributed by atoms with Crippen molar-refractivity contribution in [1.29, 1.82) is 0 Å². The smallest absolute Gasteiger partial charge is 0.182 e. The summed E-state index contributed by atoms with van der Waals surface area (Å²) in [6.45, 7) is 3.48. The molecule has 1 atom stereocenters. The first kappa shape index (κ1) is 13.9. The number of nitrogens with zero attached hydrogens (tertiary/aromatic N) is 4. The standard InChI is InChI=1S/C16H24N6/c1-2-4-13(5-3-1)22-7-6-12(9-22)8-17-15-14-16(19-10-18-14)21-11-20-15/h10-13H,1-9H2,(H2,17,18,19,20,21). The summed E-state index contributed by atoms with van der Waals surface area (Å²) in [5.74, 6) is 1.59. The van der Waals surface area contributed by atoms with E-state index >= 15 is 0 Å². The number of hydrogen-bond donors (Lipinski definition) is 2. The van der Waals surface area contributed by atoms with E-state index in [1.165, 1.54) is 51.6 Å². The molecule has 3 heterocycles. The van der Waals surface area contributed by atoms with Gasteiger partial charge in [-0.2, -0.15) is 0 Å². The second-order valence-electron chi connectivity index (χ2n) is 6.65. The monoisotopic (exact) mass is 300 g/mol. The van der Waals surface area contributed by atoms with E-state index in [0.717, 1.165) is 35.5 Å². The van der Waals surface area contributed by atoms with Gasteiger partial charge >= 0.3 is 0 Å². The van der Waals surface area contributed by atoms with Crippen molar-refractivity contribution in [3.8, 4) is 0 Å². The Morgan fingerprint density at radius 2 is 2.05 bits per heavy atom. The summed E-state index contributed by atoms with van der Waals surface area (Å²) in [4.78, 5) is 18.5. The summed E-state index contributed by atoms with van der Waals surface area (Å²) in [7, 11) is 0. The van der Waals surface area contributed by atoms with Crippen molar-refractivity contribution in [2.45, 2.75) is 44.6 Å². The lowest BCUT2D eigenvalue weighted by molar-refractivity contribution is 0.186. The molecule has 4 rings (SSSR count). The van der Waals surface area contributed by atoms with Crippen LogP contribution in [0.5, 0.6) is 0 Å². The second-order valence-corrected chi connectivity index (χ2v) is 6.65. The molecule has 1 aliphatic heterocycles. The minimum Gasteiger partial charge on any atom is -0.368 e. The number of aromatic nitrogens is 4. The predicted octanol–water partition coefficient (Wildman–Crippen LogP) is 2.42. The van der Waals surface area contributed by atoms with Crippen LogP contribution in [0.25, 0.3) is 11.2 Å². The molecular formula is C16H24N6. The highest BCUT2D eigenvalue weighted by molar-refractivity contribution is 5.81. The number of H-pyrrole nitrogens is 1. The number of rotatable bonds is 4. The third kappa shape index (κ3) is 2.79. The highest BCUT2D eigenvalue weighted by atomic mass is 15.2. The van der Waals surface area contributed by atoms with Gasteiger partial charge in [0.25, 0.3) is 0 Å². The van der Waals surface area contributed by atoms with Gasteiger partial charge in [0.15, 0.2) is 11.5 Å². The van der Waals surface area contributed by atoms with Gasteiger partial charge in [-0.25, -0.2) is 15.0 Å². The van der Waals surface area contributed by atoms with E-state index in [2.05, 4.69) is 30.2 Å². The van der Waals surface area contributed by atoms with Crippen LogP contribution in [-0.4, -0.2) is 50.5 Å². The normalized spacial score (nSPS) is 24.1. The van der Waals surface area contributed by atoms with Gasteiger partial charge in [0.05, 0.1) is 6.33 Å². The average Bonchev–Trinajstić information content (AvgIpc) is 3.23. The van der Waals surface area contributed by atoms with Crippen molar-refractivity contribution in [1.82, 2.24) is 24.8 Å². The van der Waals surface area contributed by atoms with Crippen LogP contribution in [0.1, 0.15) is 38.5 Å². The Kier molecular flexibility index (Phi) is 3.93. The Bertz CT molecular complexity index is 618. The van der Waals surface area contributed by atoms with Crippen molar-refractivity contribution in [3.63, 3.8) is 0 Å². The molecular weight excluding hydrogens is 276 g/mol. The van der Waals surface area contributed by atoms with Gasteiger partial charge in [-0.3, -0.25) is 0 Å². The lowest BCUT2D eigenvalue weighted by atomic mass is 9.94. The summed E-state index contributed by atoms with van der Waals surface area (Å²) in [6, 6.07) is 0.845. The molecule has 0 bridgehead atoms. The topological polar surface area (TPSA) is 69.7 Å². The van der Waals surface area contributed by atoms with Gasteiger partial charge in [-0.15, -0.1) is 0 Å². The summed E-state index contributed by atoms with van der Waals surface area (Å²) in [6.07, 6.45) is 11.6. The Hall–Kier alpha value is -1.69. The number of fused-ring (bicyclic) bond motifs is 1. The maximum Gasteiger partial charge on any atom is 0.182 e. The molecule has 1 unspecified atom stereocenters. The molecule has 22 heavy (non-hydrogen) atoms. The van der Waals surface area contributed by atoms with E-state index in [9.17, 15) is 0 Å². The molecule has 0 spiro atoms. The molecule has 0 amide bonds. The molecule has 2 fully saturated rings. The van der Waals surface area contributed by atoms with Crippen molar-refractivity contribution in [3.05, 3.63) is 12.7 Å². The molecule has 6 nitrogen and oxygen atoms in total. The van der Waals surface area contributed by atoms with Crippen molar-refractivity contribution in [2.24, 2.45) is 5.92 Å². The van der Waals surface area contributed by atoms with E-state index in [0.29, 0.717) is 0 Å². The third-order valence-electron chi connectivity index (χ3n) is 5.19. The minimum atomic E-state index is 0.717. The number of imidazole rings is 1. The van der Waals surface area contributed by atoms with Crippen LogP contribution >= 0.6 is 0 Å². The van der Waals surface area contributed by atoms with E-state index in [-0.39, 0.29) is 0 Å². The van der Waals surface area contributed by atoms with Gasteiger partial charge in [0.1, 0.15) is 11.8 Å². The Labute approximate surface area is 130 Å². The zero-order valence-corrected chi connectivity index (χ0v) is 13.0. The van der Waals surface area contributed by atoms with E-state index in [4.69, 9.17) is 0 Å². The van der Waals surface area contributed by atoms with Crippen LogP contribution in [0, 0.1) is 5.92 Å². The maximum absolute atomic E-state index is 4.34. The third-order valence-corrected chi connectivity index (χ3v) is 5.19. The summed E-state index contributed by atoms with van der Waals surface area (Å²) in [5, 5.41) is 3.49. The number of likely N-dealkylation sites (tertiary alicyclic amines) is 1. The molecule has 1 aliphatic carbocycles. The molecule has 1 saturated carbocycles. The number of nitrogens with one attached hydrogen (secondary N) is 2. The molecule has 1 saturated heterocycles. The van der Waals surface area contributed by atoms with Gasteiger partial charge < -0.3 is 15.2 Å². The summed E-state index contributed by atoms with van der Waals surface area (Å²) >= 11 is 0. The van der Waals surface area contributed by atoms with E-state index in [1.54, 1.807) is 12.7 Å². The lowest BCUT2D eigenvalue weighted by Gasteiger charge is -2.31. The average molecular weight is 300 g/mol. The molecule has 2 aromatic heterocycles. The number of anilines is 1. The fraction of sp³-hybridized carbons (Fsp3) is 0.688. The SMILES string of the molecule is c1nc(NCC2CCN(C3CCCCC3)C2)c2[nH]cnc2n1. The van der Waals surface area contributed by atoms with Crippen molar-refractivity contribution >= 4 is 17.0 Å². The zero-order valence-electron chi connectivity index (χ0n) is 13.0. The Balaban J connectivity index is 1.34. The van der Waals surface area contributed by atoms with Crippen LogP contribution in [0.2, 0.25) is 0 Å². The fourth-order valence-electron chi connectivity index (χ4n) is 3.95. The van der Waals surface area contributed by atoms with Gasteiger partial charge in [0, 0.05) is 19.1 Å². The molecule has 2 aliphatic rings. The summed E-state index contributed by atoms with van der Waals surface area (Å²) < 4.78 is 0. The van der Waals surface area contributed by atoms with E-state index < -0.39 is 0 Å². The van der Waals surface area contributed by atoms with E-state index in [1.807, 2.05) is 0 Å². The van der Waals surface area contributed by atoms with Crippen LogP contribution < -0.4 is 5.32 Å². The lowest BCUT2D eigenvalue weighted by Crippen LogP contribution is -2.35. The molecule has 0 radical (unpaired) electrons. The Morgan fingerprint density at radius 3 is 2.95 bits per heavy atom. The van der Waals surface area contributed by atoms with Crippen LogP contribution in [0.4, 0.5) is 5.82 Å². The number of aromatic amines is 1. The molecule has 2 aromatic rings. The predicted molar refractivity (Wildman–Crippen MR) is 86.7 cm³/mol. The van der Waals surface area contributed by atoms with Gasteiger partial charge in [-0.05, 0) is 31.7 Å². The largest absolute Gasteiger partial charge is 0.368 e. The fourth-order valence-corrected chi connectivity index (χ4v) is 3.95. The first-order valence-corrected chi connectivity index (χ1v) is 8.52. The van der Waals surface area contributed by atoms with Gasteiger partial charge in [-0.1, -0.05) is 19.3 Å². The zero-order chi connectivity index (χ0) is 14.8. The summed E-state index contributed by atoms with van der Waals surface area (Å²) in [5.41, 5.74) is 1.64. The van der Waals surface area contributed by atoms with Gasteiger partial charge in [0.2, 0.25) is 0 Å². The van der Waals surface area contributed by atoms with Crippen molar-refractivity contribution < 1.29 is 0 Å². The molecule has 118 valence electrons. The van der Waals surface area contributed by atoms with Crippen molar-refractivity contribution in [2.75, 3.05) is 25.0 Å². The van der Waals surface area contributed by atoms with Crippen LogP contribution in [-0.2, 0) is 0 Å². The first-order chi connectivity index (χ1) is 10.9. The van der Waals surface area contributed by atoms with Crippen LogP contribution in [0.3, 0.4) is 0 Å².